The predicted molar refractivity (Wildman–Crippen MR) is 82.4 cm³/mol. The SMILES string of the molecule is CCC(C)CC(C)NS(=O)(=O)c1ccc(Br)c(N)c1. The molecule has 0 aliphatic rings. The number of sulfonamides is 1. The molecular formula is C13H21BrN2O2S. The van der Waals surface area contributed by atoms with Gasteiger partial charge in [0.2, 0.25) is 10.0 Å². The fourth-order valence-electron chi connectivity index (χ4n) is 1.84. The van der Waals surface area contributed by atoms with Gasteiger partial charge in [0, 0.05) is 16.2 Å². The van der Waals surface area contributed by atoms with Crippen LogP contribution in [0.25, 0.3) is 0 Å². The van der Waals surface area contributed by atoms with Crippen molar-refractivity contribution in [2.24, 2.45) is 5.92 Å². The summed E-state index contributed by atoms with van der Waals surface area (Å²) in [6.45, 7) is 6.09. The van der Waals surface area contributed by atoms with E-state index in [-0.39, 0.29) is 10.9 Å². The van der Waals surface area contributed by atoms with Crippen molar-refractivity contribution in [2.75, 3.05) is 5.73 Å². The van der Waals surface area contributed by atoms with Gasteiger partial charge in [0.05, 0.1) is 4.90 Å². The predicted octanol–water partition coefficient (Wildman–Crippen LogP) is 3.13. The van der Waals surface area contributed by atoms with Gasteiger partial charge in [-0.15, -0.1) is 0 Å². The monoisotopic (exact) mass is 348 g/mol. The Kier molecular flexibility index (Phi) is 5.82. The van der Waals surface area contributed by atoms with Crippen molar-refractivity contribution < 1.29 is 8.42 Å². The quantitative estimate of drug-likeness (QED) is 0.775. The Morgan fingerprint density at radius 3 is 2.53 bits per heavy atom. The maximum absolute atomic E-state index is 12.2. The fraction of sp³-hybridized carbons (Fsp3) is 0.538. The van der Waals surface area contributed by atoms with Crippen molar-refractivity contribution in [2.45, 2.75) is 44.6 Å². The van der Waals surface area contributed by atoms with E-state index in [1.807, 2.05) is 6.92 Å². The molecule has 19 heavy (non-hydrogen) atoms. The highest BCUT2D eigenvalue weighted by atomic mass is 79.9. The van der Waals surface area contributed by atoms with Crippen molar-refractivity contribution in [3.63, 3.8) is 0 Å². The number of halogens is 1. The van der Waals surface area contributed by atoms with Gasteiger partial charge < -0.3 is 5.73 Å². The Morgan fingerprint density at radius 1 is 1.37 bits per heavy atom. The summed E-state index contributed by atoms with van der Waals surface area (Å²) < 4.78 is 27.8. The van der Waals surface area contributed by atoms with Crippen LogP contribution in [-0.4, -0.2) is 14.5 Å². The van der Waals surface area contributed by atoms with E-state index in [1.165, 1.54) is 6.07 Å². The highest BCUT2D eigenvalue weighted by Gasteiger charge is 2.19. The van der Waals surface area contributed by atoms with Gasteiger partial charge in [-0.25, -0.2) is 13.1 Å². The minimum Gasteiger partial charge on any atom is -0.398 e. The molecule has 0 heterocycles. The molecule has 4 nitrogen and oxygen atoms in total. The standard InChI is InChI=1S/C13H21BrN2O2S/c1-4-9(2)7-10(3)16-19(17,18)11-5-6-12(14)13(15)8-11/h5-6,8-10,16H,4,7,15H2,1-3H3. The Morgan fingerprint density at radius 2 is 2.00 bits per heavy atom. The molecule has 2 unspecified atom stereocenters. The maximum Gasteiger partial charge on any atom is 0.240 e. The highest BCUT2D eigenvalue weighted by molar-refractivity contribution is 9.10. The smallest absolute Gasteiger partial charge is 0.240 e. The molecule has 1 aromatic carbocycles. The van der Waals surface area contributed by atoms with Crippen molar-refractivity contribution in [1.29, 1.82) is 0 Å². The van der Waals surface area contributed by atoms with Crippen LogP contribution in [0.3, 0.4) is 0 Å². The lowest BCUT2D eigenvalue weighted by Crippen LogP contribution is -2.33. The number of nitrogens with one attached hydrogen (secondary N) is 1. The molecule has 1 rings (SSSR count). The molecule has 0 amide bonds. The summed E-state index contributed by atoms with van der Waals surface area (Å²) in [6, 6.07) is 4.55. The molecule has 0 aliphatic carbocycles. The van der Waals surface area contributed by atoms with Crippen LogP contribution in [0.15, 0.2) is 27.6 Å². The second-order valence-corrected chi connectivity index (χ2v) is 7.52. The summed E-state index contributed by atoms with van der Waals surface area (Å²) in [5, 5.41) is 0. The van der Waals surface area contributed by atoms with Crippen LogP contribution in [0, 0.1) is 5.92 Å². The topological polar surface area (TPSA) is 72.2 Å². The molecule has 108 valence electrons. The Labute approximate surface area is 124 Å². The summed E-state index contributed by atoms with van der Waals surface area (Å²) in [5.74, 6) is 0.493. The van der Waals surface area contributed by atoms with Crippen LogP contribution in [0.4, 0.5) is 5.69 Å². The minimum atomic E-state index is -3.50. The lowest BCUT2D eigenvalue weighted by Gasteiger charge is -2.17. The van der Waals surface area contributed by atoms with E-state index in [4.69, 9.17) is 5.73 Å². The maximum atomic E-state index is 12.2. The molecule has 3 N–H and O–H groups in total. The summed E-state index contributed by atoms with van der Waals surface area (Å²) in [6.07, 6.45) is 1.86. The van der Waals surface area contributed by atoms with Gasteiger partial charge in [0.25, 0.3) is 0 Å². The molecular weight excluding hydrogens is 328 g/mol. The number of anilines is 1. The molecule has 2 atom stereocenters. The second kappa shape index (κ2) is 6.72. The van der Waals surface area contributed by atoms with E-state index in [2.05, 4.69) is 34.5 Å². The second-order valence-electron chi connectivity index (χ2n) is 4.95. The first-order valence-corrected chi connectivity index (χ1v) is 8.61. The van der Waals surface area contributed by atoms with E-state index in [0.717, 1.165) is 12.8 Å². The lowest BCUT2D eigenvalue weighted by molar-refractivity contribution is 0.445. The van der Waals surface area contributed by atoms with Crippen LogP contribution < -0.4 is 10.5 Å². The van der Waals surface area contributed by atoms with Gasteiger partial charge in [-0.1, -0.05) is 20.3 Å². The zero-order chi connectivity index (χ0) is 14.6. The van der Waals surface area contributed by atoms with Crippen molar-refractivity contribution >= 4 is 31.6 Å². The zero-order valence-corrected chi connectivity index (χ0v) is 13.9. The van der Waals surface area contributed by atoms with E-state index < -0.39 is 10.0 Å². The molecule has 0 radical (unpaired) electrons. The summed E-state index contributed by atoms with van der Waals surface area (Å²) in [4.78, 5) is 0.198. The zero-order valence-electron chi connectivity index (χ0n) is 11.5. The van der Waals surface area contributed by atoms with Crippen molar-refractivity contribution in [1.82, 2.24) is 4.72 Å². The van der Waals surface area contributed by atoms with Gasteiger partial charge in [-0.05, 0) is 53.4 Å². The fourth-order valence-corrected chi connectivity index (χ4v) is 3.38. The average molecular weight is 349 g/mol. The van der Waals surface area contributed by atoms with E-state index >= 15 is 0 Å². The average Bonchev–Trinajstić information content (AvgIpc) is 2.31. The van der Waals surface area contributed by atoms with Crippen LogP contribution in [0.2, 0.25) is 0 Å². The number of nitrogens with two attached hydrogens (primary N) is 1. The van der Waals surface area contributed by atoms with Gasteiger partial charge in [-0.2, -0.15) is 0 Å². The molecule has 0 saturated heterocycles. The van der Waals surface area contributed by atoms with Gasteiger partial charge >= 0.3 is 0 Å². The molecule has 0 fully saturated rings. The number of hydrogen-bond acceptors (Lipinski definition) is 3. The number of rotatable bonds is 6. The van der Waals surface area contributed by atoms with E-state index in [1.54, 1.807) is 12.1 Å². The summed E-state index contributed by atoms with van der Waals surface area (Å²) in [7, 11) is -3.50. The molecule has 0 saturated carbocycles. The Hall–Kier alpha value is -0.590. The highest BCUT2D eigenvalue weighted by Crippen LogP contribution is 2.23. The molecule has 0 aromatic heterocycles. The minimum absolute atomic E-state index is 0.0928. The molecule has 6 heteroatoms. The third kappa shape index (κ3) is 4.78. The molecule has 1 aromatic rings. The van der Waals surface area contributed by atoms with E-state index in [9.17, 15) is 8.42 Å². The summed E-state index contributed by atoms with van der Waals surface area (Å²) in [5.41, 5.74) is 6.13. The summed E-state index contributed by atoms with van der Waals surface area (Å²) >= 11 is 3.25. The van der Waals surface area contributed by atoms with Crippen LogP contribution in [0.5, 0.6) is 0 Å². The first-order valence-electron chi connectivity index (χ1n) is 6.33. The van der Waals surface area contributed by atoms with Gasteiger partial charge in [0.15, 0.2) is 0 Å². The van der Waals surface area contributed by atoms with Crippen LogP contribution >= 0.6 is 15.9 Å². The van der Waals surface area contributed by atoms with Crippen molar-refractivity contribution in [3.8, 4) is 0 Å². The Balaban J connectivity index is 2.83. The third-order valence-corrected chi connectivity index (χ3v) is 5.40. The number of nitrogen functional groups attached to an aromatic ring is 1. The first kappa shape index (κ1) is 16.5. The molecule has 0 aliphatic heterocycles. The lowest BCUT2D eigenvalue weighted by atomic mass is 10.0. The van der Waals surface area contributed by atoms with Gasteiger partial charge in [0.1, 0.15) is 0 Å². The van der Waals surface area contributed by atoms with E-state index in [0.29, 0.717) is 16.1 Å². The first-order chi connectivity index (χ1) is 8.76. The van der Waals surface area contributed by atoms with Crippen molar-refractivity contribution in [3.05, 3.63) is 22.7 Å². The normalized spacial score (nSPS) is 15.2. The largest absolute Gasteiger partial charge is 0.398 e. The van der Waals surface area contributed by atoms with Gasteiger partial charge in [-0.3, -0.25) is 0 Å². The number of benzene rings is 1. The number of hydrogen-bond donors (Lipinski definition) is 2. The van der Waals surface area contributed by atoms with Crippen LogP contribution in [0.1, 0.15) is 33.6 Å². The Bertz CT molecular complexity index is 531. The molecule has 0 spiro atoms. The third-order valence-electron chi connectivity index (χ3n) is 3.09. The molecule has 0 bridgehead atoms. The van der Waals surface area contributed by atoms with Crippen LogP contribution in [-0.2, 0) is 10.0 Å².